The zero-order valence-electron chi connectivity index (χ0n) is 29.7. The van der Waals surface area contributed by atoms with Crippen molar-refractivity contribution in [3.63, 3.8) is 0 Å². The number of fused-ring (bicyclic) bond motifs is 5. The molecule has 1 nitrogen and oxygen atoms in total. The summed E-state index contributed by atoms with van der Waals surface area (Å²) in [6.45, 7) is 10.1. The van der Waals surface area contributed by atoms with Crippen molar-refractivity contribution >= 4 is 43.4 Å². The van der Waals surface area contributed by atoms with Crippen molar-refractivity contribution < 1.29 is 0 Å². The molecule has 0 saturated carbocycles. The summed E-state index contributed by atoms with van der Waals surface area (Å²) in [5, 5.41) is 7.79. The molecule has 0 aliphatic heterocycles. The molecule has 0 saturated heterocycles. The Kier molecular flexibility index (Phi) is 7.40. The number of nitrogens with zero attached hydrogens (tertiary/aromatic N) is 1. The average Bonchev–Trinajstić information content (AvgIpc) is 3.49. The van der Waals surface area contributed by atoms with Crippen LogP contribution >= 0.6 is 0 Å². The molecule has 9 rings (SSSR count). The predicted molar refractivity (Wildman–Crippen MR) is 221 cm³/mol. The first-order chi connectivity index (χ1) is 24.9. The van der Waals surface area contributed by atoms with Crippen molar-refractivity contribution in [3.05, 3.63) is 169 Å². The molecule has 0 fully saturated rings. The third-order valence-electron chi connectivity index (χ3n) is 10.8. The highest BCUT2D eigenvalue weighted by Gasteiger charge is 2.19. The van der Waals surface area contributed by atoms with Crippen molar-refractivity contribution in [2.24, 2.45) is 0 Å². The standard InChI is InChI=1S/C50H41N/c1-5-51-46-29-27-38(31-44(46)45-32-39(50(2,3)4)28-30-47(45)51)35-21-19-33(20-22-35)34-23-25-37(26-24-34)49-42-17-11-9-15-40(42)48(36-13-7-6-8-14-36)41-16-10-12-18-43(41)49/h6-32H,5H2,1-4H3. The van der Waals surface area contributed by atoms with Crippen LogP contribution in [0.1, 0.15) is 33.3 Å². The Bertz CT molecular complexity index is 2660. The molecule has 1 heteroatoms. The number of benzene rings is 8. The van der Waals surface area contributed by atoms with E-state index in [1.165, 1.54) is 93.4 Å². The van der Waals surface area contributed by atoms with Crippen LogP contribution < -0.4 is 0 Å². The molecule has 1 heterocycles. The minimum Gasteiger partial charge on any atom is -0.341 e. The predicted octanol–water partition coefficient (Wildman–Crippen LogP) is 14.1. The molecule has 0 amide bonds. The topological polar surface area (TPSA) is 4.93 Å². The van der Waals surface area contributed by atoms with Gasteiger partial charge in [-0.2, -0.15) is 0 Å². The number of aryl methyl sites for hydroxylation is 1. The fourth-order valence-electron chi connectivity index (χ4n) is 8.13. The molecule has 0 aliphatic rings. The summed E-state index contributed by atoms with van der Waals surface area (Å²) >= 11 is 0. The zero-order valence-corrected chi connectivity index (χ0v) is 29.7. The fourth-order valence-corrected chi connectivity index (χ4v) is 8.13. The molecule has 246 valence electrons. The maximum absolute atomic E-state index is 2.44. The Hall–Kier alpha value is -5.92. The average molecular weight is 656 g/mol. The normalized spacial score (nSPS) is 12.0. The van der Waals surface area contributed by atoms with Crippen LogP contribution in [0.4, 0.5) is 0 Å². The quantitative estimate of drug-likeness (QED) is 0.163. The van der Waals surface area contributed by atoms with E-state index in [0.29, 0.717) is 0 Å². The van der Waals surface area contributed by atoms with Gasteiger partial charge in [0.05, 0.1) is 0 Å². The summed E-state index contributed by atoms with van der Waals surface area (Å²) in [7, 11) is 0. The summed E-state index contributed by atoms with van der Waals surface area (Å²) in [6, 6.07) is 60.7. The van der Waals surface area contributed by atoms with E-state index in [1.807, 2.05) is 0 Å². The van der Waals surface area contributed by atoms with Gasteiger partial charge in [0.2, 0.25) is 0 Å². The molecule has 0 unspecified atom stereocenters. The lowest BCUT2D eigenvalue weighted by atomic mass is 9.85. The fraction of sp³-hybridized carbons (Fsp3) is 0.120. The molecular formula is C50H41N. The van der Waals surface area contributed by atoms with Gasteiger partial charge < -0.3 is 4.57 Å². The summed E-state index contributed by atoms with van der Waals surface area (Å²) in [5.41, 5.74) is 14.1. The van der Waals surface area contributed by atoms with Crippen molar-refractivity contribution in [3.8, 4) is 44.5 Å². The molecule has 0 bridgehead atoms. The van der Waals surface area contributed by atoms with Crippen molar-refractivity contribution in [2.45, 2.75) is 39.7 Å². The monoisotopic (exact) mass is 655 g/mol. The Morgan fingerprint density at radius 3 is 1.25 bits per heavy atom. The van der Waals surface area contributed by atoms with Gasteiger partial charge in [0.1, 0.15) is 0 Å². The van der Waals surface area contributed by atoms with E-state index in [1.54, 1.807) is 0 Å². The van der Waals surface area contributed by atoms with Gasteiger partial charge in [0, 0.05) is 28.4 Å². The highest BCUT2D eigenvalue weighted by molar-refractivity contribution is 6.21. The van der Waals surface area contributed by atoms with Crippen LogP contribution in [0.5, 0.6) is 0 Å². The van der Waals surface area contributed by atoms with Crippen LogP contribution in [0, 0.1) is 0 Å². The molecule has 51 heavy (non-hydrogen) atoms. The van der Waals surface area contributed by atoms with Gasteiger partial charge in [0.15, 0.2) is 0 Å². The van der Waals surface area contributed by atoms with E-state index >= 15 is 0 Å². The highest BCUT2D eigenvalue weighted by atomic mass is 15.0. The number of rotatable bonds is 5. The largest absolute Gasteiger partial charge is 0.341 e. The summed E-state index contributed by atoms with van der Waals surface area (Å²) in [4.78, 5) is 0. The van der Waals surface area contributed by atoms with E-state index < -0.39 is 0 Å². The Labute approximate surface area is 300 Å². The van der Waals surface area contributed by atoms with E-state index in [2.05, 4.69) is 196 Å². The summed E-state index contributed by atoms with van der Waals surface area (Å²) in [5.74, 6) is 0. The molecule has 0 N–H and O–H groups in total. The molecule has 0 radical (unpaired) electrons. The zero-order chi connectivity index (χ0) is 34.7. The van der Waals surface area contributed by atoms with Crippen LogP contribution in [-0.4, -0.2) is 4.57 Å². The van der Waals surface area contributed by atoms with Gasteiger partial charge in [-0.05, 0) is 108 Å². The van der Waals surface area contributed by atoms with E-state index in [0.717, 1.165) is 6.54 Å². The lowest BCUT2D eigenvalue weighted by molar-refractivity contribution is 0.591. The molecule has 0 aliphatic carbocycles. The molecule has 0 spiro atoms. The van der Waals surface area contributed by atoms with Crippen molar-refractivity contribution in [1.29, 1.82) is 0 Å². The molecule has 1 aromatic heterocycles. The van der Waals surface area contributed by atoms with Crippen LogP contribution in [0.25, 0.3) is 87.9 Å². The van der Waals surface area contributed by atoms with E-state index in [4.69, 9.17) is 0 Å². The maximum atomic E-state index is 2.44. The van der Waals surface area contributed by atoms with E-state index in [-0.39, 0.29) is 5.41 Å². The Morgan fingerprint density at radius 2 is 0.765 bits per heavy atom. The first-order valence-corrected chi connectivity index (χ1v) is 18.2. The molecule has 0 atom stereocenters. The van der Waals surface area contributed by atoms with Crippen molar-refractivity contribution in [1.82, 2.24) is 4.57 Å². The maximum Gasteiger partial charge on any atom is 0.0491 e. The minimum atomic E-state index is 0.106. The van der Waals surface area contributed by atoms with Crippen LogP contribution in [0.3, 0.4) is 0 Å². The molecule has 9 aromatic rings. The van der Waals surface area contributed by atoms with Crippen LogP contribution in [0.15, 0.2) is 164 Å². The first-order valence-electron chi connectivity index (χ1n) is 18.2. The minimum absolute atomic E-state index is 0.106. The van der Waals surface area contributed by atoms with Gasteiger partial charge >= 0.3 is 0 Å². The van der Waals surface area contributed by atoms with Gasteiger partial charge in [-0.3, -0.25) is 0 Å². The number of aromatic nitrogens is 1. The van der Waals surface area contributed by atoms with Gasteiger partial charge in [0.25, 0.3) is 0 Å². The SMILES string of the molecule is CCn1c2ccc(-c3ccc(-c4ccc(-c5c6ccccc6c(-c6ccccc6)c6ccccc56)cc4)cc3)cc2c2cc(C(C)(C)C)ccc21. The summed E-state index contributed by atoms with van der Waals surface area (Å²) < 4.78 is 2.44. The second-order valence-electron chi connectivity index (χ2n) is 14.8. The second-order valence-corrected chi connectivity index (χ2v) is 14.8. The van der Waals surface area contributed by atoms with E-state index in [9.17, 15) is 0 Å². The molecule has 8 aromatic carbocycles. The van der Waals surface area contributed by atoms with Gasteiger partial charge in [-0.25, -0.2) is 0 Å². The Morgan fingerprint density at radius 1 is 0.373 bits per heavy atom. The van der Waals surface area contributed by atoms with Gasteiger partial charge in [-0.1, -0.05) is 160 Å². The number of hydrogen-bond donors (Lipinski definition) is 0. The van der Waals surface area contributed by atoms with Gasteiger partial charge in [-0.15, -0.1) is 0 Å². The third-order valence-corrected chi connectivity index (χ3v) is 10.8. The number of hydrogen-bond acceptors (Lipinski definition) is 0. The third kappa shape index (κ3) is 5.24. The second kappa shape index (κ2) is 12.1. The first kappa shape index (κ1) is 31.1. The smallest absolute Gasteiger partial charge is 0.0491 e. The molecular weight excluding hydrogens is 615 g/mol. The van der Waals surface area contributed by atoms with Crippen molar-refractivity contribution in [2.75, 3.05) is 0 Å². The Balaban J connectivity index is 1.08. The van der Waals surface area contributed by atoms with Crippen LogP contribution in [-0.2, 0) is 12.0 Å². The summed E-state index contributed by atoms with van der Waals surface area (Å²) in [6.07, 6.45) is 0. The highest BCUT2D eigenvalue weighted by Crippen LogP contribution is 2.44. The lowest BCUT2D eigenvalue weighted by Crippen LogP contribution is -2.10. The lowest BCUT2D eigenvalue weighted by Gasteiger charge is -2.19. The van der Waals surface area contributed by atoms with Crippen LogP contribution in [0.2, 0.25) is 0 Å².